The number of aromatic nitrogens is 1. The van der Waals surface area contributed by atoms with Crippen LogP contribution in [0.1, 0.15) is 20.8 Å². The van der Waals surface area contributed by atoms with Crippen LogP contribution in [0.25, 0.3) is 10.2 Å². The van der Waals surface area contributed by atoms with Crippen molar-refractivity contribution in [3.8, 4) is 0 Å². The molecule has 26 heavy (non-hydrogen) atoms. The summed E-state index contributed by atoms with van der Waals surface area (Å²) in [7, 11) is 0. The van der Waals surface area contributed by atoms with Crippen LogP contribution in [-0.4, -0.2) is 10.9 Å². The van der Waals surface area contributed by atoms with E-state index in [1.807, 2.05) is 55.5 Å². The lowest BCUT2D eigenvalue weighted by molar-refractivity contribution is 0.0989. The second-order valence-electron chi connectivity index (χ2n) is 5.90. The van der Waals surface area contributed by atoms with Gasteiger partial charge in [-0.05, 0) is 36.2 Å². The van der Waals surface area contributed by atoms with Crippen molar-refractivity contribution in [2.75, 3.05) is 4.90 Å². The van der Waals surface area contributed by atoms with Crippen LogP contribution in [0.15, 0.2) is 60.7 Å². The molecule has 1 amide bonds. The minimum atomic E-state index is -0.0811. The Morgan fingerprint density at radius 3 is 2.54 bits per heavy atom. The van der Waals surface area contributed by atoms with E-state index in [4.69, 9.17) is 16.6 Å². The summed E-state index contributed by atoms with van der Waals surface area (Å²) in [5.74, 6) is -0.0811. The highest BCUT2D eigenvalue weighted by Crippen LogP contribution is 2.33. The summed E-state index contributed by atoms with van der Waals surface area (Å²) in [6.45, 7) is 2.50. The number of halogens is 1. The van der Waals surface area contributed by atoms with E-state index in [0.29, 0.717) is 20.9 Å². The fourth-order valence-corrected chi connectivity index (χ4v) is 4.78. The average Bonchev–Trinajstić information content (AvgIpc) is 3.27. The van der Waals surface area contributed by atoms with Crippen molar-refractivity contribution in [2.24, 2.45) is 0 Å². The molecule has 4 aromatic rings. The zero-order valence-electron chi connectivity index (χ0n) is 14.0. The first kappa shape index (κ1) is 17.2. The number of anilines is 1. The van der Waals surface area contributed by atoms with Crippen LogP contribution in [0.3, 0.4) is 0 Å². The molecule has 6 heteroatoms. The third-order valence-corrected chi connectivity index (χ3v) is 6.32. The van der Waals surface area contributed by atoms with Crippen LogP contribution in [0.4, 0.5) is 5.13 Å². The first-order chi connectivity index (χ1) is 12.6. The molecular weight excluding hydrogens is 384 g/mol. The maximum atomic E-state index is 13.2. The van der Waals surface area contributed by atoms with Gasteiger partial charge in [0.1, 0.15) is 0 Å². The quantitative estimate of drug-likeness (QED) is 0.412. The standard InChI is InChI=1S/C20H15ClN2OS2/c1-13-6-5-9-15-18(13)22-20(26-15)23(12-14-7-3-2-4-8-14)19(24)16-10-11-17(21)25-16/h2-11H,12H2,1H3. The smallest absolute Gasteiger partial charge is 0.270 e. The number of rotatable bonds is 4. The van der Waals surface area contributed by atoms with Crippen molar-refractivity contribution < 1.29 is 4.79 Å². The summed E-state index contributed by atoms with van der Waals surface area (Å²) in [4.78, 5) is 20.3. The molecule has 0 saturated carbocycles. The monoisotopic (exact) mass is 398 g/mol. The van der Waals surface area contributed by atoms with Gasteiger partial charge in [0, 0.05) is 0 Å². The Morgan fingerprint density at radius 1 is 1.04 bits per heavy atom. The molecule has 2 heterocycles. The number of hydrogen-bond donors (Lipinski definition) is 0. The zero-order chi connectivity index (χ0) is 18.1. The largest absolute Gasteiger partial charge is 0.279 e. The fourth-order valence-electron chi connectivity index (χ4n) is 2.74. The number of thiophene rings is 1. The summed E-state index contributed by atoms with van der Waals surface area (Å²) in [6, 6.07) is 19.6. The van der Waals surface area contributed by atoms with Crippen molar-refractivity contribution in [1.82, 2.24) is 4.98 Å². The van der Waals surface area contributed by atoms with Gasteiger partial charge in [0.25, 0.3) is 5.91 Å². The van der Waals surface area contributed by atoms with Crippen molar-refractivity contribution in [1.29, 1.82) is 0 Å². The molecule has 2 aromatic carbocycles. The second-order valence-corrected chi connectivity index (χ2v) is 8.62. The Hall–Kier alpha value is -2.21. The molecule has 0 saturated heterocycles. The molecule has 0 aliphatic rings. The van der Waals surface area contributed by atoms with Crippen molar-refractivity contribution >= 4 is 55.5 Å². The highest BCUT2D eigenvalue weighted by molar-refractivity contribution is 7.22. The Kier molecular flexibility index (Phi) is 4.76. The van der Waals surface area contributed by atoms with Gasteiger partial charge >= 0.3 is 0 Å². The van der Waals surface area contributed by atoms with Gasteiger partial charge < -0.3 is 0 Å². The number of fused-ring (bicyclic) bond motifs is 1. The highest BCUT2D eigenvalue weighted by Gasteiger charge is 2.23. The number of para-hydroxylation sites is 1. The number of aryl methyl sites for hydroxylation is 1. The number of carbonyl (C=O) groups is 1. The molecule has 0 atom stereocenters. The molecule has 0 aliphatic carbocycles. The van der Waals surface area contributed by atoms with Gasteiger partial charge in [-0.3, -0.25) is 9.69 Å². The van der Waals surface area contributed by atoms with Gasteiger partial charge in [0.05, 0.1) is 26.0 Å². The number of thiazole rings is 1. The van der Waals surface area contributed by atoms with Gasteiger partial charge in [-0.1, -0.05) is 65.4 Å². The third kappa shape index (κ3) is 3.38. The van der Waals surface area contributed by atoms with E-state index in [0.717, 1.165) is 21.3 Å². The van der Waals surface area contributed by atoms with Gasteiger partial charge in [-0.25, -0.2) is 4.98 Å². The van der Waals surface area contributed by atoms with Crippen LogP contribution < -0.4 is 4.90 Å². The molecule has 0 fully saturated rings. The molecule has 0 spiro atoms. The van der Waals surface area contributed by atoms with Crippen LogP contribution in [0, 0.1) is 6.92 Å². The van der Waals surface area contributed by atoms with E-state index in [9.17, 15) is 4.79 Å². The van der Waals surface area contributed by atoms with Crippen LogP contribution in [-0.2, 0) is 6.54 Å². The zero-order valence-corrected chi connectivity index (χ0v) is 16.4. The Labute approximate surface area is 164 Å². The third-order valence-electron chi connectivity index (χ3n) is 4.05. The maximum Gasteiger partial charge on any atom is 0.270 e. The predicted octanol–water partition coefficient (Wildman–Crippen LogP) is 6.17. The first-order valence-electron chi connectivity index (χ1n) is 8.09. The highest BCUT2D eigenvalue weighted by atomic mass is 35.5. The van der Waals surface area contributed by atoms with Gasteiger partial charge in [0.15, 0.2) is 5.13 Å². The van der Waals surface area contributed by atoms with Crippen LogP contribution >= 0.6 is 34.3 Å². The van der Waals surface area contributed by atoms with Crippen molar-refractivity contribution in [3.63, 3.8) is 0 Å². The minimum Gasteiger partial charge on any atom is -0.279 e. The van der Waals surface area contributed by atoms with Gasteiger partial charge in [-0.15, -0.1) is 11.3 Å². The number of carbonyl (C=O) groups excluding carboxylic acids is 1. The minimum absolute atomic E-state index is 0.0811. The number of amides is 1. The molecule has 2 aromatic heterocycles. The Morgan fingerprint density at radius 2 is 1.85 bits per heavy atom. The van der Waals surface area contributed by atoms with E-state index in [-0.39, 0.29) is 5.91 Å². The summed E-state index contributed by atoms with van der Waals surface area (Å²) < 4.78 is 1.68. The normalized spacial score (nSPS) is 11.0. The molecule has 0 bridgehead atoms. The maximum absolute atomic E-state index is 13.2. The van der Waals surface area contributed by atoms with Gasteiger partial charge in [-0.2, -0.15) is 0 Å². The second kappa shape index (κ2) is 7.19. The summed E-state index contributed by atoms with van der Waals surface area (Å²) in [6.07, 6.45) is 0. The molecule has 130 valence electrons. The van der Waals surface area contributed by atoms with Crippen LogP contribution in [0.5, 0.6) is 0 Å². The van der Waals surface area contributed by atoms with E-state index < -0.39 is 0 Å². The average molecular weight is 399 g/mol. The lowest BCUT2D eigenvalue weighted by Gasteiger charge is -2.19. The summed E-state index contributed by atoms with van der Waals surface area (Å²) >= 11 is 8.86. The van der Waals surface area contributed by atoms with E-state index in [2.05, 4.69) is 0 Å². The SMILES string of the molecule is Cc1cccc2sc(N(Cc3ccccc3)C(=O)c3ccc(Cl)s3)nc12. The summed E-state index contributed by atoms with van der Waals surface area (Å²) in [5.41, 5.74) is 3.11. The molecule has 0 N–H and O–H groups in total. The molecule has 0 unspecified atom stereocenters. The first-order valence-corrected chi connectivity index (χ1v) is 10.1. The fraction of sp³-hybridized carbons (Fsp3) is 0.100. The number of benzene rings is 2. The molecule has 0 radical (unpaired) electrons. The number of hydrogen-bond acceptors (Lipinski definition) is 4. The molecule has 0 aliphatic heterocycles. The number of nitrogens with zero attached hydrogens (tertiary/aromatic N) is 2. The van der Waals surface area contributed by atoms with E-state index in [1.165, 1.54) is 22.7 Å². The molecule has 4 rings (SSSR count). The molecular formula is C20H15ClN2OS2. The van der Waals surface area contributed by atoms with Crippen molar-refractivity contribution in [3.05, 3.63) is 81.0 Å². The Bertz CT molecular complexity index is 1070. The summed E-state index contributed by atoms with van der Waals surface area (Å²) in [5, 5.41) is 0.702. The van der Waals surface area contributed by atoms with Crippen molar-refractivity contribution in [2.45, 2.75) is 13.5 Å². The van der Waals surface area contributed by atoms with E-state index >= 15 is 0 Å². The topological polar surface area (TPSA) is 33.2 Å². The lowest BCUT2D eigenvalue weighted by Crippen LogP contribution is -2.29. The van der Waals surface area contributed by atoms with Gasteiger partial charge in [0.2, 0.25) is 0 Å². The lowest BCUT2D eigenvalue weighted by atomic mass is 10.2. The predicted molar refractivity (Wildman–Crippen MR) is 111 cm³/mol. The van der Waals surface area contributed by atoms with E-state index in [1.54, 1.807) is 17.0 Å². The van der Waals surface area contributed by atoms with Crippen LogP contribution in [0.2, 0.25) is 4.34 Å². The molecule has 3 nitrogen and oxygen atoms in total. The Balaban J connectivity index is 1.78.